The molecule has 0 aromatic heterocycles. The monoisotopic (exact) mass is 478 g/mol. The molecule has 1 aliphatic rings. The van der Waals surface area contributed by atoms with E-state index in [1.807, 2.05) is 0 Å². The molecule has 0 amide bonds. The van der Waals surface area contributed by atoms with Crippen molar-refractivity contribution in [2.24, 2.45) is 0 Å². The van der Waals surface area contributed by atoms with E-state index in [1.54, 1.807) is 11.2 Å². The molecule has 0 saturated carbocycles. The molecule has 0 N–H and O–H groups in total. The van der Waals surface area contributed by atoms with Gasteiger partial charge >= 0.3 is 23.9 Å². The second-order valence-corrected chi connectivity index (χ2v) is 15.9. The molecule has 31 heavy (non-hydrogen) atoms. The van der Waals surface area contributed by atoms with Crippen molar-refractivity contribution in [3.05, 3.63) is 0 Å². The topological polar surface area (TPSA) is 114 Å². The molecular formula is C20H34O9SSi. The number of hydrogen-bond acceptors (Lipinski definition) is 10. The predicted octanol–water partition coefficient (Wildman–Crippen LogP) is 2.81. The van der Waals surface area contributed by atoms with Gasteiger partial charge in [-0.1, -0.05) is 38.9 Å². The SMILES string of the molecule is CC[Si](CC)(CC)S[C@@H]1O[C@H](COC(C)=O)[C@@H](OC(C)=O)[C@H](OC(C)=O)[C@H]1OC(C)=O. The quantitative estimate of drug-likeness (QED) is 0.264. The standard InChI is InChI=1S/C20H34O9SSi/c1-8-31(9-2,10-3)30-20-19(28-15(7)24)18(27-14(6)23)17(26-13(5)22)16(29-20)11-25-12(4)21/h16-20H,8-11H2,1-7H3/t16-,17-,18+,19-,20+/m1/s1. The summed E-state index contributed by atoms with van der Waals surface area (Å²) in [7, 11) is -1.85. The van der Waals surface area contributed by atoms with Crippen LogP contribution in [0.4, 0.5) is 0 Å². The van der Waals surface area contributed by atoms with E-state index in [2.05, 4.69) is 20.8 Å². The van der Waals surface area contributed by atoms with Crippen LogP contribution in [-0.4, -0.2) is 67.6 Å². The van der Waals surface area contributed by atoms with Crippen LogP contribution in [0.3, 0.4) is 0 Å². The number of carbonyl (C=O) groups is 4. The van der Waals surface area contributed by atoms with Crippen molar-refractivity contribution in [3.8, 4) is 0 Å². The van der Waals surface area contributed by atoms with Crippen molar-refractivity contribution in [2.75, 3.05) is 6.61 Å². The zero-order valence-corrected chi connectivity index (χ0v) is 21.1. The molecule has 1 saturated heterocycles. The van der Waals surface area contributed by atoms with E-state index in [-0.39, 0.29) is 6.61 Å². The second kappa shape index (κ2) is 12.4. The van der Waals surface area contributed by atoms with Crippen LogP contribution in [0.2, 0.25) is 18.1 Å². The van der Waals surface area contributed by atoms with E-state index in [9.17, 15) is 19.2 Å². The molecular weight excluding hydrogens is 444 g/mol. The number of hydrogen-bond donors (Lipinski definition) is 0. The van der Waals surface area contributed by atoms with Crippen molar-refractivity contribution in [2.45, 2.75) is 96.5 Å². The largest absolute Gasteiger partial charge is 0.463 e. The van der Waals surface area contributed by atoms with Crippen LogP contribution in [0.1, 0.15) is 48.5 Å². The molecule has 11 heteroatoms. The lowest BCUT2D eigenvalue weighted by molar-refractivity contribution is -0.237. The first-order valence-corrected chi connectivity index (χ1v) is 14.7. The Morgan fingerprint density at radius 2 is 1.19 bits per heavy atom. The van der Waals surface area contributed by atoms with Gasteiger partial charge in [-0.05, 0) is 0 Å². The fraction of sp³-hybridized carbons (Fsp3) is 0.800. The van der Waals surface area contributed by atoms with Gasteiger partial charge in [0.2, 0.25) is 0 Å². The summed E-state index contributed by atoms with van der Waals surface area (Å²) in [6.07, 6.45) is -4.09. The van der Waals surface area contributed by atoms with E-state index >= 15 is 0 Å². The van der Waals surface area contributed by atoms with Gasteiger partial charge in [0.25, 0.3) is 0 Å². The van der Waals surface area contributed by atoms with Crippen molar-refractivity contribution < 1.29 is 42.9 Å². The molecule has 0 unspecified atom stereocenters. The molecule has 1 heterocycles. The highest BCUT2D eigenvalue weighted by Gasteiger charge is 2.53. The minimum atomic E-state index is -1.85. The Labute approximate surface area is 188 Å². The summed E-state index contributed by atoms with van der Waals surface area (Å²) >= 11 is 1.62. The van der Waals surface area contributed by atoms with E-state index in [4.69, 9.17) is 23.7 Å². The van der Waals surface area contributed by atoms with Gasteiger partial charge in [-0.3, -0.25) is 19.2 Å². The molecule has 1 fully saturated rings. The Morgan fingerprint density at radius 1 is 0.742 bits per heavy atom. The maximum Gasteiger partial charge on any atom is 0.303 e. The molecule has 1 rings (SSSR count). The van der Waals surface area contributed by atoms with Crippen LogP contribution in [0.25, 0.3) is 0 Å². The lowest BCUT2D eigenvalue weighted by Crippen LogP contribution is -2.62. The third-order valence-electron chi connectivity index (χ3n) is 5.25. The summed E-state index contributed by atoms with van der Waals surface area (Å²) in [6, 6.07) is 2.91. The Balaban J connectivity index is 3.43. The minimum Gasteiger partial charge on any atom is -0.463 e. The average Bonchev–Trinajstić information content (AvgIpc) is 2.68. The van der Waals surface area contributed by atoms with E-state index in [1.165, 1.54) is 27.7 Å². The molecule has 0 spiro atoms. The Bertz CT molecular complexity index is 644. The first-order valence-electron chi connectivity index (χ1n) is 10.5. The molecule has 0 aromatic carbocycles. The molecule has 178 valence electrons. The molecule has 5 atom stereocenters. The molecule has 0 aliphatic carbocycles. The lowest BCUT2D eigenvalue weighted by atomic mass is 9.99. The summed E-state index contributed by atoms with van der Waals surface area (Å²) in [5, 5.41) is 0. The fourth-order valence-corrected chi connectivity index (χ4v) is 10.1. The zero-order chi connectivity index (χ0) is 23.8. The van der Waals surface area contributed by atoms with Gasteiger partial charge in [-0.2, -0.15) is 11.2 Å². The predicted molar refractivity (Wildman–Crippen MR) is 117 cm³/mol. The normalized spacial score (nSPS) is 26.0. The van der Waals surface area contributed by atoms with Gasteiger partial charge in [-0.15, -0.1) is 0 Å². The average molecular weight is 479 g/mol. The number of carbonyl (C=O) groups excluding carboxylic acids is 4. The molecule has 0 radical (unpaired) electrons. The fourth-order valence-electron chi connectivity index (χ4n) is 3.53. The number of ether oxygens (including phenoxy) is 5. The van der Waals surface area contributed by atoms with Crippen molar-refractivity contribution in [3.63, 3.8) is 0 Å². The van der Waals surface area contributed by atoms with Crippen LogP contribution in [0.15, 0.2) is 0 Å². The maximum absolute atomic E-state index is 11.9. The van der Waals surface area contributed by atoms with Crippen LogP contribution >= 0.6 is 11.2 Å². The van der Waals surface area contributed by atoms with Crippen molar-refractivity contribution >= 4 is 42.3 Å². The van der Waals surface area contributed by atoms with E-state index in [0.717, 1.165) is 18.1 Å². The summed E-state index contributed by atoms with van der Waals surface area (Å²) < 4.78 is 27.8. The first kappa shape index (κ1) is 27.4. The Kier molecular flexibility index (Phi) is 11.0. The highest BCUT2D eigenvalue weighted by molar-refractivity contribution is 8.29. The van der Waals surface area contributed by atoms with Crippen LogP contribution < -0.4 is 0 Å². The van der Waals surface area contributed by atoms with Crippen LogP contribution in [-0.2, 0) is 42.9 Å². The number of esters is 4. The van der Waals surface area contributed by atoms with Gasteiger partial charge in [0, 0.05) is 27.7 Å². The molecule has 0 bridgehead atoms. The number of rotatable bonds is 10. The van der Waals surface area contributed by atoms with Gasteiger partial charge in [0.15, 0.2) is 18.3 Å². The minimum absolute atomic E-state index is 0.201. The van der Waals surface area contributed by atoms with Gasteiger partial charge in [0.1, 0.15) is 25.4 Å². The maximum atomic E-state index is 11.9. The first-order chi connectivity index (χ1) is 14.5. The summed E-state index contributed by atoms with van der Waals surface area (Å²) in [6.45, 7) is 11.1. The highest BCUT2D eigenvalue weighted by Crippen LogP contribution is 2.42. The van der Waals surface area contributed by atoms with E-state index < -0.39 is 61.0 Å². The summed E-state index contributed by atoms with van der Waals surface area (Å²) in [5.41, 5.74) is -0.674. The Hall–Kier alpha value is -1.59. The van der Waals surface area contributed by atoms with Crippen molar-refractivity contribution in [1.29, 1.82) is 0 Å². The summed E-state index contributed by atoms with van der Waals surface area (Å²) in [4.78, 5) is 46.9. The molecule has 9 nitrogen and oxygen atoms in total. The molecule has 1 aliphatic heterocycles. The van der Waals surface area contributed by atoms with Crippen LogP contribution in [0.5, 0.6) is 0 Å². The van der Waals surface area contributed by atoms with Crippen molar-refractivity contribution in [1.82, 2.24) is 0 Å². The molecule has 0 aromatic rings. The van der Waals surface area contributed by atoms with Gasteiger partial charge < -0.3 is 23.7 Å². The van der Waals surface area contributed by atoms with E-state index in [0.29, 0.717) is 0 Å². The third-order valence-corrected chi connectivity index (χ3v) is 15.0. The third kappa shape index (κ3) is 8.11. The smallest absolute Gasteiger partial charge is 0.303 e. The van der Waals surface area contributed by atoms with Gasteiger partial charge in [0.05, 0.1) is 0 Å². The Morgan fingerprint density at radius 3 is 1.61 bits per heavy atom. The zero-order valence-electron chi connectivity index (χ0n) is 19.3. The summed E-state index contributed by atoms with van der Waals surface area (Å²) in [5.74, 6) is -2.36. The van der Waals surface area contributed by atoms with Crippen LogP contribution in [0, 0.1) is 0 Å². The highest BCUT2D eigenvalue weighted by atomic mass is 32.4. The second-order valence-electron chi connectivity index (χ2n) is 7.43. The van der Waals surface area contributed by atoms with Gasteiger partial charge in [-0.25, -0.2) is 0 Å². The lowest BCUT2D eigenvalue weighted by Gasteiger charge is -2.46.